The minimum atomic E-state index is -0.0334. The zero-order valence-electron chi connectivity index (χ0n) is 11.9. The number of aryl methyl sites for hydroxylation is 1. The summed E-state index contributed by atoms with van der Waals surface area (Å²) in [5.41, 5.74) is 1.43. The van der Waals surface area contributed by atoms with Gasteiger partial charge in [0.15, 0.2) is 6.54 Å². The first-order valence-electron chi connectivity index (χ1n) is 6.86. The van der Waals surface area contributed by atoms with Gasteiger partial charge in [-0.25, -0.2) is 0 Å². The molecular weight excluding hydrogens is 297 g/mol. The van der Waals surface area contributed by atoms with E-state index in [4.69, 9.17) is 23.2 Å². The lowest BCUT2D eigenvalue weighted by molar-refractivity contribution is -0.999. The number of hydrogen-bond acceptors (Lipinski definition) is 1. The molecule has 1 aromatic rings. The van der Waals surface area contributed by atoms with E-state index < -0.39 is 0 Å². The maximum absolute atomic E-state index is 12.1. The highest BCUT2D eigenvalue weighted by Crippen LogP contribution is 2.32. The van der Waals surface area contributed by atoms with Gasteiger partial charge in [-0.05, 0) is 18.6 Å². The maximum atomic E-state index is 12.1. The molecule has 4 nitrogen and oxygen atoms in total. The van der Waals surface area contributed by atoms with Crippen LogP contribution in [0.1, 0.15) is 5.56 Å². The molecule has 1 aliphatic heterocycles. The lowest BCUT2D eigenvalue weighted by Crippen LogP contribution is -3.27. The van der Waals surface area contributed by atoms with E-state index >= 15 is 0 Å². The molecule has 1 aliphatic rings. The third kappa shape index (κ3) is 3.85. The Bertz CT molecular complexity index is 499. The Kier molecular flexibility index (Phi) is 5.27. The lowest BCUT2D eigenvalue weighted by Gasteiger charge is -2.26. The van der Waals surface area contributed by atoms with Crippen LogP contribution in [0.4, 0.5) is 5.69 Å². The standard InChI is InChI=1S/C14H19Cl2N3O/c1-10-3-4-11(15)14(13(10)16)17-12(20)9-19-7-5-18(2)6-8-19/h3-4H,5-9H2,1-2H3,(H,17,20)/p+2. The van der Waals surface area contributed by atoms with Crippen molar-refractivity contribution in [3.05, 3.63) is 27.7 Å². The van der Waals surface area contributed by atoms with Crippen molar-refractivity contribution in [1.29, 1.82) is 0 Å². The Morgan fingerprint density at radius 3 is 2.55 bits per heavy atom. The van der Waals surface area contributed by atoms with Crippen LogP contribution >= 0.6 is 23.2 Å². The topological polar surface area (TPSA) is 38.0 Å². The molecule has 0 spiro atoms. The predicted octanol–water partition coefficient (Wildman–Crippen LogP) is -0.346. The second-order valence-corrected chi connectivity index (χ2v) is 6.27. The van der Waals surface area contributed by atoms with E-state index in [0.717, 1.165) is 31.7 Å². The average Bonchev–Trinajstić information content (AvgIpc) is 2.42. The van der Waals surface area contributed by atoms with Crippen molar-refractivity contribution in [2.24, 2.45) is 0 Å². The highest BCUT2D eigenvalue weighted by Gasteiger charge is 2.23. The molecule has 1 saturated heterocycles. The molecule has 0 aromatic heterocycles. The van der Waals surface area contributed by atoms with Crippen molar-refractivity contribution in [2.75, 3.05) is 45.1 Å². The summed E-state index contributed by atoms with van der Waals surface area (Å²) >= 11 is 12.3. The number of hydrogen-bond donors (Lipinski definition) is 3. The van der Waals surface area contributed by atoms with Crippen LogP contribution in [-0.2, 0) is 4.79 Å². The zero-order valence-corrected chi connectivity index (χ0v) is 13.4. The first kappa shape index (κ1) is 15.6. The van der Waals surface area contributed by atoms with E-state index in [2.05, 4.69) is 12.4 Å². The average molecular weight is 318 g/mol. The van der Waals surface area contributed by atoms with Gasteiger partial charge >= 0.3 is 0 Å². The van der Waals surface area contributed by atoms with Crippen molar-refractivity contribution in [2.45, 2.75) is 6.92 Å². The van der Waals surface area contributed by atoms with Crippen LogP contribution in [-0.4, -0.2) is 45.7 Å². The van der Waals surface area contributed by atoms with Gasteiger partial charge < -0.3 is 15.1 Å². The number of carbonyl (C=O) groups excluding carboxylic acids is 1. The van der Waals surface area contributed by atoms with E-state index in [1.807, 2.05) is 13.0 Å². The molecule has 0 radical (unpaired) electrons. The number of anilines is 1. The molecule has 0 atom stereocenters. The molecule has 3 N–H and O–H groups in total. The van der Waals surface area contributed by atoms with Crippen molar-refractivity contribution in [3.8, 4) is 0 Å². The lowest BCUT2D eigenvalue weighted by atomic mass is 10.2. The van der Waals surface area contributed by atoms with Gasteiger partial charge in [0.05, 0.1) is 22.8 Å². The molecule has 2 rings (SSSR count). The quantitative estimate of drug-likeness (QED) is 0.701. The fraction of sp³-hybridized carbons (Fsp3) is 0.500. The summed E-state index contributed by atoms with van der Waals surface area (Å²) < 4.78 is 0. The van der Waals surface area contributed by atoms with Crippen LogP contribution in [0.5, 0.6) is 0 Å². The van der Waals surface area contributed by atoms with Crippen molar-refractivity contribution < 1.29 is 14.6 Å². The molecule has 1 aromatic carbocycles. The Morgan fingerprint density at radius 1 is 1.25 bits per heavy atom. The molecule has 1 amide bonds. The number of carbonyl (C=O) groups is 1. The smallest absolute Gasteiger partial charge is 0.279 e. The molecule has 20 heavy (non-hydrogen) atoms. The normalized spacial score (nSPS) is 22.6. The number of amides is 1. The Morgan fingerprint density at radius 2 is 1.90 bits per heavy atom. The van der Waals surface area contributed by atoms with Crippen LogP contribution < -0.4 is 15.1 Å². The van der Waals surface area contributed by atoms with Gasteiger partial charge in [-0.15, -0.1) is 0 Å². The minimum absolute atomic E-state index is 0.0334. The van der Waals surface area contributed by atoms with Crippen LogP contribution in [0.2, 0.25) is 10.0 Å². The summed E-state index contributed by atoms with van der Waals surface area (Å²) in [5, 5.41) is 3.84. The number of halogens is 2. The maximum Gasteiger partial charge on any atom is 0.279 e. The molecule has 110 valence electrons. The van der Waals surface area contributed by atoms with E-state index in [0.29, 0.717) is 22.3 Å². The van der Waals surface area contributed by atoms with Gasteiger partial charge in [0.1, 0.15) is 26.2 Å². The highest BCUT2D eigenvalue weighted by molar-refractivity contribution is 6.40. The molecule has 1 fully saturated rings. The Labute approximate surface area is 129 Å². The van der Waals surface area contributed by atoms with E-state index in [9.17, 15) is 4.79 Å². The summed E-state index contributed by atoms with van der Waals surface area (Å²) in [6.45, 7) is 6.61. The molecule has 1 heterocycles. The van der Waals surface area contributed by atoms with Gasteiger partial charge in [-0.2, -0.15) is 0 Å². The number of piperazine rings is 1. The SMILES string of the molecule is Cc1ccc(Cl)c(NC(=O)C[NH+]2CC[NH+](C)CC2)c1Cl. The number of quaternary nitrogens is 2. The first-order valence-corrected chi connectivity index (χ1v) is 7.62. The summed E-state index contributed by atoms with van der Waals surface area (Å²) in [7, 11) is 2.18. The summed E-state index contributed by atoms with van der Waals surface area (Å²) in [6, 6.07) is 3.60. The number of likely N-dealkylation sites (N-methyl/N-ethyl adjacent to an activating group) is 1. The fourth-order valence-electron chi connectivity index (χ4n) is 2.39. The number of benzene rings is 1. The van der Waals surface area contributed by atoms with E-state index in [-0.39, 0.29) is 5.91 Å². The largest absolute Gasteiger partial charge is 0.328 e. The second-order valence-electron chi connectivity index (χ2n) is 5.49. The summed E-state index contributed by atoms with van der Waals surface area (Å²) in [4.78, 5) is 15.0. The third-order valence-electron chi connectivity index (χ3n) is 3.77. The van der Waals surface area contributed by atoms with Gasteiger partial charge in [0.2, 0.25) is 0 Å². The number of nitrogens with one attached hydrogen (secondary N) is 3. The Balaban J connectivity index is 1.97. The van der Waals surface area contributed by atoms with Gasteiger partial charge in [-0.3, -0.25) is 4.79 Å². The Hall–Kier alpha value is -0.810. The summed E-state index contributed by atoms with van der Waals surface area (Å²) in [5.74, 6) is -0.0334. The fourth-order valence-corrected chi connectivity index (χ4v) is 2.85. The molecule has 0 aliphatic carbocycles. The molecule has 6 heteroatoms. The third-order valence-corrected chi connectivity index (χ3v) is 4.57. The predicted molar refractivity (Wildman–Crippen MR) is 82.0 cm³/mol. The second kappa shape index (κ2) is 6.76. The van der Waals surface area contributed by atoms with Crippen LogP contribution in [0.15, 0.2) is 12.1 Å². The van der Waals surface area contributed by atoms with E-state index in [1.165, 1.54) is 9.80 Å². The molecule has 0 unspecified atom stereocenters. The first-order chi connectivity index (χ1) is 9.47. The van der Waals surface area contributed by atoms with Gasteiger partial charge in [0, 0.05) is 0 Å². The van der Waals surface area contributed by atoms with Gasteiger partial charge in [0.25, 0.3) is 5.91 Å². The monoisotopic (exact) mass is 317 g/mol. The van der Waals surface area contributed by atoms with Crippen molar-refractivity contribution in [3.63, 3.8) is 0 Å². The minimum Gasteiger partial charge on any atom is -0.328 e. The summed E-state index contributed by atoms with van der Waals surface area (Å²) in [6.07, 6.45) is 0. The van der Waals surface area contributed by atoms with E-state index in [1.54, 1.807) is 6.07 Å². The van der Waals surface area contributed by atoms with Crippen molar-refractivity contribution in [1.82, 2.24) is 0 Å². The van der Waals surface area contributed by atoms with Crippen molar-refractivity contribution >= 4 is 34.8 Å². The molecular formula is C14H21Cl2N3O+2. The molecule has 0 saturated carbocycles. The highest BCUT2D eigenvalue weighted by atomic mass is 35.5. The zero-order chi connectivity index (χ0) is 14.7. The molecule has 0 bridgehead atoms. The van der Waals surface area contributed by atoms with Crippen LogP contribution in [0.25, 0.3) is 0 Å². The van der Waals surface area contributed by atoms with Crippen LogP contribution in [0.3, 0.4) is 0 Å². The van der Waals surface area contributed by atoms with Crippen LogP contribution in [0, 0.1) is 6.92 Å². The number of rotatable bonds is 3. The van der Waals surface area contributed by atoms with Gasteiger partial charge in [-0.1, -0.05) is 29.3 Å².